The molecule has 0 amide bonds. The van der Waals surface area contributed by atoms with Crippen LogP contribution in [-0.2, 0) is 0 Å². The Hall–Kier alpha value is -1.81. The molecule has 96 valence electrons. The molecule has 0 fully saturated rings. The van der Waals surface area contributed by atoms with E-state index in [2.05, 4.69) is 10.3 Å². The lowest BCUT2D eigenvalue weighted by atomic mass is 10.1. The average Bonchev–Trinajstić information content (AvgIpc) is 2.39. The summed E-state index contributed by atoms with van der Waals surface area (Å²) in [5.74, 6) is 0. The zero-order chi connectivity index (χ0) is 12.8. The summed E-state index contributed by atoms with van der Waals surface area (Å²) in [4.78, 5) is 4.30. The van der Waals surface area contributed by atoms with Gasteiger partial charge in [0, 0.05) is 30.4 Å². The zero-order valence-corrected chi connectivity index (χ0v) is 10.4. The highest BCUT2D eigenvalue weighted by Gasteiger charge is 2.03. The van der Waals surface area contributed by atoms with E-state index >= 15 is 0 Å². The van der Waals surface area contributed by atoms with Gasteiger partial charge in [0.2, 0.25) is 0 Å². The lowest BCUT2D eigenvalue weighted by molar-refractivity contribution is 0.283. The quantitative estimate of drug-likeness (QED) is 0.540. The van der Waals surface area contributed by atoms with Gasteiger partial charge in [0.15, 0.2) is 0 Å². The first kappa shape index (κ1) is 12.6. The number of hydrogen-bond acceptors (Lipinski definition) is 4. The molecule has 0 aliphatic rings. The second-order valence-corrected chi connectivity index (χ2v) is 4.31. The van der Waals surface area contributed by atoms with Gasteiger partial charge < -0.3 is 16.2 Å². The molecule has 0 saturated heterocycles. The maximum absolute atomic E-state index is 8.71. The smallest absolute Gasteiger partial charge is 0.0951 e. The Bertz CT molecular complexity index is 513. The Morgan fingerprint density at radius 3 is 2.89 bits per heavy atom. The summed E-state index contributed by atoms with van der Waals surface area (Å²) in [6, 6.07) is 7.79. The molecule has 0 aliphatic carbocycles. The Labute approximate surface area is 107 Å². The Morgan fingerprint density at radius 2 is 2.06 bits per heavy atom. The highest BCUT2D eigenvalue weighted by molar-refractivity contribution is 5.97. The van der Waals surface area contributed by atoms with E-state index in [9.17, 15) is 0 Å². The number of fused-ring (bicyclic) bond motifs is 1. The van der Waals surface area contributed by atoms with E-state index in [1.807, 2.05) is 24.3 Å². The number of pyridine rings is 1. The van der Waals surface area contributed by atoms with Gasteiger partial charge >= 0.3 is 0 Å². The molecule has 18 heavy (non-hydrogen) atoms. The average molecular weight is 245 g/mol. The van der Waals surface area contributed by atoms with Crippen LogP contribution in [-0.4, -0.2) is 23.2 Å². The normalized spacial score (nSPS) is 10.7. The number of nitrogens with one attached hydrogen (secondary N) is 1. The minimum atomic E-state index is 0.273. The fourth-order valence-corrected chi connectivity index (χ4v) is 1.99. The molecule has 0 spiro atoms. The third-order valence-corrected chi connectivity index (χ3v) is 2.95. The van der Waals surface area contributed by atoms with E-state index in [-0.39, 0.29) is 6.61 Å². The van der Waals surface area contributed by atoms with Crippen molar-refractivity contribution in [3.63, 3.8) is 0 Å². The number of unbranched alkanes of at least 4 members (excludes halogenated alkanes) is 2. The van der Waals surface area contributed by atoms with Crippen molar-refractivity contribution >= 4 is 22.3 Å². The Morgan fingerprint density at radius 1 is 1.17 bits per heavy atom. The van der Waals surface area contributed by atoms with Crippen LogP contribution in [0, 0.1) is 0 Å². The van der Waals surface area contributed by atoms with Crippen molar-refractivity contribution in [1.82, 2.24) is 4.98 Å². The van der Waals surface area contributed by atoms with Gasteiger partial charge in [0.05, 0.1) is 11.2 Å². The van der Waals surface area contributed by atoms with Crippen molar-refractivity contribution in [3.8, 4) is 0 Å². The SMILES string of the molecule is Nc1cccc2c(NCCCCCO)ccnc12. The van der Waals surface area contributed by atoms with E-state index in [1.54, 1.807) is 6.20 Å². The van der Waals surface area contributed by atoms with Crippen LogP contribution in [0.1, 0.15) is 19.3 Å². The van der Waals surface area contributed by atoms with Crippen molar-refractivity contribution in [1.29, 1.82) is 0 Å². The van der Waals surface area contributed by atoms with E-state index < -0.39 is 0 Å². The first-order valence-corrected chi connectivity index (χ1v) is 6.31. The van der Waals surface area contributed by atoms with Gasteiger partial charge in [0.25, 0.3) is 0 Å². The monoisotopic (exact) mass is 245 g/mol. The van der Waals surface area contributed by atoms with Gasteiger partial charge in [-0.1, -0.05) is 12.1 Å². The largest absolute Gasteiger partial charge is 0.397 e. The number of para-hydroxylation sites is 1. The Kier molecular flexibility index (Phi) is 4.36. The third-order valence-electron chi connectivity index (χ3n) is 2.95. The third kappa shape index (κ3) is 2.90. The molecule has 0 unspecified atom stereocenters. The van der Waals surface area contributed by atoms with Crippen molar-refractivity contribution < 1.29 is 5.11 Å². The van der Waals surface area contributed by atoms with E-state index in [0.717, 1.165) is 42.4 Å². The first-order valence-electron chi connectivity index (χ1n) is 6.31. The number of aliphatic hydroxyl groups excluding tert-OH is 1. The molecule has 2 rings (SSSR count). The van der Waals surface area contributed by atoms with Gasteiger partial charge in [0.1, 0.15) is 0 Å². The van der Waals surface area contributed by atoms with Crippen LogP contribution in [0.15, 0.2) is 30.5 Å². The molecule has 0 bridgehead atoms. The standard InChI is InChI=1S/C14H19N3O/c15-12-6-4-5-11-13(7-9-17-14(11)12)16-8-2-1-3-10-18/h4-7,9,18H,1-3,8,10,15H2,(H,16,17). The summed E-state index contributed by atoms with van der Waals surface area (Å²) in [6.07, 6.45) is 4.72. The molecule has 4 heteroatoms. The predicted molar refractivity (Wildman–Crippen MR) is 75.6 cm³/mol. The molecular weight excluding hydrogens is 226 g/mol. The molecule has 1 aromatic heterocycles. The lowest BCUT2D eigenvalue weighted by Gasteiger charge is -2.10. The summed E-state index contributed by atoms with van der Waals surface area (Å²) >= 11 is 0. The molecule has 1 heterocycles. The number of benzene rings is 1. The molecule has 0 atom stereocenters. The topological polar surface area (TPSA) is 71.2 Å². The fourth-order valence-electron chi connectivity index (χ4n) is 1.99. The number of aromatic nitrogens is 1. The van der Waals surface area contributed by atoms with Gasteiger partial charge in [-0.25, -0.2) is 0 Å². The maximum Gasteiger partial charge on any atom is 0.0951 e. The van der Waals surface area contributed by atoms with Crippen LogP contribution in [0.2, 0.25) is 0 Å². The predicted octanol–water partition coefficient (Wildman–Crippen LogP) is 2.39. The molecule has 4 N–H and O–H groups in total. The minimum Gasteiger partial charge on any atom is -0.397 e. The van der Waals surface area contributed by atoms with E-state index in [4.69, 9.17) is 10.8 Å². The van der Waals surface area contributed by atoms with E-state index in [1.165, 1.54) is 0 Å². The van der Waals surface area contributed by atoms with Crippen molar-refractivity contribution in [2.24, 2.45) is 0 Å². The minimum absolute atomic E-state index is 0.273. The number of nitrogen functional groups attached to an aromatic ring is 1. The van der Waals surface area contributed by atoms with Crippen LogP contribution in [0.3, 0.4) is 0 Å². The maximum atomic E-state index is 8.71. The summed E-state index contributed by atoms with van der Waals surface area (Å²) < 4.78 is 0. The van der Waals surface area contributed by atoms with Crippen LogP contribution < -0.4 is 11.1 Å². The summed E-state index contributed by atoms with van der Waals surface area (Å²) in [5, 5.41) is 13.2. The number of aliphatic hydroxyl groups is 1. The number of hydrogen-bond donors (Lipinski definition) is 3. The number of rotatable bonds is 6. The van der Waals surface area contributed by atoms with Gasteiger partial charge in [-0.15, -0.1) is 0 Å². The fraction of sp³-hybridized carbons (Fsp3) is 0.357. The molecule has 0 aliphatic heterocycles. The van der Waals surface area contributed by atoms with Gasteiger partial charge in [-0.3, -0.25) is 4.98 Å². The lowest BCUT2D eigenvalue weighted by Crippen LogP contribution is -2.03. The highest BCUT2D eigenvalue weighted by atomic mass is 16.2. The van der Waals surface area contributed by atoms with Gasteiger partial charge in [-0.05, 0) is 31.4 Å². The van der Waals surface area contributed by atoms with Crippen molar-refractivity contribution in [2.75, 3.05) is 24.2 Å². The second-order valence-electron chi connectivity index (χ2n) is 4.31. The summed E-state index contributed by atoms with van der Waals surface area (Å²) in [7, 11) is 0. The first-order chi connectivity index (χ1) is 8.83. The number of anilines is 2. The van der Waals surface area contributed by atoms with Crippen molar-refractivity contribution in [3.05, 3.63) is 30.5 Å². The molecule has 0 saturated carbocycles. The molecule has 2 aromatic rings. The Balaban J connectivity index is 2.07. The zero-order valence-electron chi connectivity index (χ0n) is 10.4. The number of nitrogens with zero attached hydrogens (tertiary/aromatic N) is 1. The van der Waals surface area contributed by atoms with Crippen molar-refractivity contribution in [2.45, 2.75) is 19.3 Å². The number of nitrogens with two attached hydrogens (primary N) is 1. The molecular formula is C14H19N3O. The van der Waals surface area contributed by atoms with E-state index in [0.29, 0.717) is 5.69 Å². The van der Waals surface area contributed by atoms with Crippen LogP contribution in [0.25, 0.3) is 10.9 Å². The van der Waals surface area contributed by atoms with Gasteiger partial charge in [-0.2, -0.15) is 0 Å². The van der Waals surface area contributed by atoms with Crippen LogP contribution in [0.5, 0.6) is 0 Å². The van der Waals surface area contributed by atoms with Crippen LogP contribution >= 0.6 is 0 Å². The molecule has 1 aromatic carbocycles. The molecule has 0 radical (unpaired) electrons. The summed E-state index contributed by atoms with van der Waals surface area (Å²) in [6.45, 7) is 1.17. The second kappa shape index (κ2) is 6.21. The highest BCUT2D eigenvalue weighted by Crippen LogP contribution is 2.25. The van der Waals surface area contributed by atoms with Crippen LogP contribution in [0.4, 0.5) is 11.4 Å². The summed E-state index contributed by atoms with van der Waals surface area (Å²) in [5.41, 5.74) is 8.52. The molecule has 4 nitrogen and oxygen atoms in total.